The molecule has 0 aliphatic heterocycles. The Hall–Kier alpha value is -1.51. The number of carboxylic acid groups (broad SMARTS) is 1. The second kappa shape index (κ2) is 5.89. The first-order chi connectivity index (χ1) is 8.70. The summed E-state index contributed by atoms with van der Waals surface area (Å²) >= 11 is 0. The van der Waals surface area contributed by atoms with Crippen LogP contribution >= 0.6 is 0 Å². The fourth-order valence-corrected chi connectivity index (χ4v) is 2.82. The van der Waals surface area contributed by atoms with Gasteiger partial charge in [0, 0.05) is 0 Å². The minimum absolute atomic E-state index is 0.400. The van der Waals surface area contributed by atoms with E-state index >= 15 is 0 Å². The minimum Gasteiger partial charge on any atom is -0.497 e. The lowest BCUT2D eigenvalue weighted by Crippen LogP contribution is -2.15. The predicted molar refractivity (Wildman–Crippen MR) is 69.9 cm³/mol. The zero-order valence-corrected chi connectivity index (χ0v) is 10.8. The van der Waals surface area contributed by atoms with Gasteiger partial charge in [0.1, 0.15) is 5.75 Å². The molecule has 1 saturated carbocycles. The number of aliphatic carboxylic acids is 1. The number of hydrogen-bond donors (Lipinski definition) is 1. The second-order valence-corrected chi connectivity index (χ2v) is 5.05. The third kappa shape index (κ3) is 3.03. The maximum Gasteiger partial charge on any atom is 0.310 e. The summed E-state index contributed by atoms with van der Waals surface area (Å²) in [6.07, 6.45) is 5.59. The van der Waals surface area contributed by atoms with Crippen LogP contribution in [0.5, 0.6) is 5.75 Å². The first kappa shape index (κ1) is 12.9. The molecule has 1 fully saturated rings. The maximum atomic E-state index is 11.4. The average Bonchev–Trinajstić information content (AvgIpc) is 2.88. The molecule has 0 bridgehead atoms. The molecular formula is C15H20O3. The van der Waals surface area contributed by atoms with Gasteiger partial charge in [-0.2, -0.15) is 0 Å². The quantitative estimate of drug-likeness (QED) is 0.868. The largest absolute Gasteiger partial charge is 0.497 e. The molecule has 1 unspecified atom stereocenters. The molecule has 0 spiro atoms. The van der Waals surface area contributed by atoms with Crippen molar-refractivity contribution in [2.75, 3.05) is 7.11 Å². The van der Waals surface area contributed by atoms with E-state index in [9.17, 15) is 9.90 Å². The van der Waals surface area contributed by atoms with Gasteiger partial charge in [-0.25, -0.2) is 0 Å². The van der Waals surface area contributed by atoms with Crippen LogP contribution in [-0.4, -0.2) is 18.2 Å². The molecular weight excluding hydrogens is 228 g/mol. The van der Waals surface area contributed by atoms with Gasteiger partial charge >= 0.3 is 5.97 Å². The summed E-state index contributed by atoms with van der Waals surface area (Å²) in [5, 5.41) is 9.41. The van der Waals surface area contributed by atoms with Crippen molar-refractivity contribution in [2.45, 2.75) is 38.0 Å². The molecule has 3 nitrogen and oxygen atoms in total. The van der Waals surface area contributed by atoms with E-state index in [1.54, 1.807) is 7.11 Å². The van der Waals surface area contributed by atoms with E-state index in [0.29, 0.717) is 5.92 Å². The number of benzene rings is 1. The Labute approximate surface area is 108 Å². The van der Waals surface area contributed by atoms with Crippen LogP contribution in [0.15, 0.2) is 24.3 Å². The monoisotopic (exact) mass is 248 g/mol. The van der Waals surface area contributed by atoms with Crippen LogP contribution < -0.4 is 4.74 Å². The van der Waals surface area contributed by atoms with Crippen molar-refractivity contribution < 1.29 is 14.6 Å². The molecule has 0 amide bonds. The van der Waals surface area contributed by atoms with Gasteiger partial charge in [-0.15, -0.1) is 0 Å². The number of hydrogen-bond acceptors (Lipinski definition) is 2. The van der Waals surface area contributed by atoms with Gasteiger partial charge in [0.2, 0.25) is 0 Å². The minimum atomic E-state index is -0.727. The number of carbonyl (C=O) groups is 1. The van der Waals surface area contributed by atoms with E-state index in [1.165, 1.54) is 25.7 Å². The van der Waals surface area contributed by atoms with E-state index in [2.05, 4.69) is 0 Å². The Kier molecular flexibility index (Phi) is 4.24. The summed E-state index contributed by atoms with van der Waals surface area (Å²) in [4.78, 5) is 11.4. The average molecular weight is 248 g/mol. The van der Waals surface area contributed by atoms with Crippen LogP contribution in [0, 0.1) is 5.92 Å². The maximum absolute atomic E-state index is 11.4. The first-order valence-electron chi connectivity index (χ1n) is 6.57. The first-order valence-corrected chi connectivity index (χ1v) is 6.57. The molecule has 18 heavy (non-hydrogen) atoms. The summed E-state index contributed by atoms with van der Waals surface area (Å²) in [6.45, 7) is 0. The number of ether oxygens (including phenoxy) is 1. The Morgan fingerprint density at radius 2 is 2.17 bits per heavy atom. The molecule has 2 rings (SSSR count). The molecule has 0 radical (unpaired) electrons. The van der Waals surface area contributed by atoms with Crippen molar-refractivity contribution in [3.8, 4) is 5.75 Å². The topological polar surface area (TPSA) is 46.5 Å². The molecule has 0 heterocycles. The highest BCUT2D eigenvalue weighted by Gasteiger charge is 2.26. The summed E-state index contributed by atoms with van der Waals surface area (Å²) < 4.78 is 5.16. The summed E-state index contributed by atoms with van der Waals surface area (Å²) in [5.74, 6) is 0.167. The van der Waals surface area contributed by atoms with Crippen LogP contribution in [0.4, 0.5) is 0 Å². The smallest absolute Gasteiger partial charge is 0.310 e. The van der Waals surface area contributed by atoms with Crippen molar-refractivity contribution in [2.24, 2.45) is 5.92 Å². The molecule has 0 saturated heterocycles. The van der Waals surface area contributed by atoms with E-state index in [-0.39, 0.29) is 0 Å². The third-order valence-electron chi connectivity index (χ3n) is 3.84. The van der Waals surface area contributed by atoms with Crippen LogP contribution in [-0.2, 0) is 4.79 Å². The SMILES string of the molecule is COc1cccc(C(CC2CCCC2)C(=O)O)c1. The Morgan fingerprint density at radius 3 is 2.78 bits per heavy atom. The number of rotatable bonds is 5. The van der Waals surface area contributed by atoms with Crippen molar-refractivity contribution in [3.05, 3.63) is 29.8 Å². The van der Waals surface area contributed by atoms with Gasteiger partial charge in [0.25, 0.3) is 0 Å². The van der Waals surface area contributed by atoms with E-state index < -0.39 is 11.9 Å². The van der Waals surface area contributed by atoms with Crippen LogP contribution in [0.25, 0.3) is 0 Å². The number of carboxylic acids is 1. The van der Waals surface area contributed by atoms with Crippen molar-refractivity contribution in [1.29, 1.82) is 0 Å². The van der Waals surface area contributed by atoms with Crippen molar-refractivity contribution >= 4 is 5.97 Å². The van der Waals surface area contributed by atoms with Gasteiger partial charge in [-0.1, -0.05) is 37.8 Å². The standard InChI is InChI=1S/C15H20O3/c1-18-13-8-4-7-12(10-13)14(15(16)17)9-11-5-2-3-6-11/h4,7-8,10-11,14H,2-3,5-6,9H2,1H3,(H,16,17). The fourth-order valence-electron chi connectivity index (χ4n) is 2.82. The van der Waals surface area contributed by atoms with Crippen LogP contribution in [0.1, 0.15) is 43.6 Å². The van der Waals surface area contributed by atoms with E-state index in [0.717, 1.165) is 17.7 Å². The highest BCUT2D eigenvalue weighted by atomic mass is 16.5. The third-order valence-corrected chi connectivity index (χ3v) is 3.84. The molecule has 1 aliphatic carbocycles. The molecule has 1 aromatic rings. The summed E-state index contributed by atoms with van der Waals surface area (Å²) in [6, 6.07) is 7.43. The van der Waals surface area contributed by atoms with Gasteiger partial charge in [-0.3, -0.25) is 4.79 Å². The lowest BCUT2D eigenvalue weighted by molar-refractivity contribution is -0.139. The Balaban J connectivity index is 2.14. The zero-order valence-electron chi connectivity index (χ0n) is 10.8. The summed E-state index contributed by atoms with van der Waals surface area (Å²) in [7, 11) is 1.60. The molecule has 0 aromatic heterocycles. The van der Waals surface area contributed by atoms with Gasteiger partial charge in [0.15, 0.2) is 0 Å². The molecule has 3 heteroatoms. The van der Waals surface area contributed by atoms with Crippen molar-refractivity contribution in [1.82, 2.24) is 0 Å². The lowest BCUT2D eigenvalue weighted by Gasteiger charge is -2.17. The summed E-state index contributed by atoms with van der Waals surface area (Å²) in [5.41, 5.74) is 0.855. The highest BCUT2D eigenvalue weighted by molar-refractivity contribution is 5.76. The molecule has 1 aliphatic rings. The van der Waals surface area contributed by atoms with Crippen molar-refractivity contribution in [3.63, 3.8) is 0 Å². The van der Waals surface area contributed by atoms with Gasteiger partial charge in [0.05, 0.1) is 13.0 Å². The normalized spacial score (nSPS) is 17.6. The van der Waals surface area contributed by atoms with Gasteiger partial charge in [-0.05, 0) is 30.0 Å². The Bertz CT molecular complexity index is 408. The molecule has 1 atom stereocenters. The van der Waals surface area contributed by atoms with Crippen LogP contribution in [0.3, 0.4) is 0 Å². The van der Waals surface area contributed by atoms with E-state index in [4.69, 9.17) is 4.74 Å². The molecule has 98 valence electrons. The Morgan fingerprint density at radius 1 is 1.44 bits per heavy atom. The van der Waals surface area contributed by atoms with Crippen LogP contribution in [0.2, 0.25) is 0 Å². The predicted octanol–water partition coefficient (Wildman–Crippen LogP) is 3.44. The fraction of sp³-hybridized carbons (Fsp3) is 0.533. The molecule has 1 N–H and O–H groups in total. The van der Waals surface area contributed by atoms with Gasteiger partial charge < -0.3 is 9.84 Å². The highest BCUT2D eigenvalue weighted by Crippen LogP contribution is 2.35. The molecule has 1 aromatic carbocycles. The zero-order chi connectivity index (χ0) is 13.0. The second-order valence-electron chi connectivity index (χ2n) is 5.05. The lowest BCUT2D eigenvalue weighted by atomic mass is 9.88. The number of methoxy groups -OCH3 is 1. The van der Waals surface area contributed by atoms with E-state index in [1.807, 2.05) is 24.3 Å².